The molecule has 0 radical (unpaired) electrons. The molecule has 1 aromatic rings. The molecule has 1 aliphatic carbocycles. The first-order valence-electron chi connectivity index (χ1n) is 5.71. The molecule has 2 rings (SSSR count). The minimum atomic E-state index is 0.286. The molecule has 0 aromatic heterocycles. The lowest BCUT2D eigenvalue weighted by molar-refractivity contribution is 0.396. The summed E-state index contributed by atoms with van der Waals surface area (Å²) in [5.74, 6) is 1.08. The van der Waals surface area contributed by atoms with Crippen LogP contribution >= 0.6 is 0 Å². The van der Waals surface area contributed by atoms with Gasteiger partial charge in [-0.25, -0.2) is 0 Å². The summed E-state index contributed by atoms with van der Waals surface area (Å²) in [6.07, 6.45) is 4.53. The molecule has 2 unspecified atom stereocenters. The average molecular weight is 205 g/mol. The van der Waals surface area contributed by atoms with Crippen LogP contribution in [-0.2, 0) is 12.8 Å². The second-order valence-corrected chi connectivity index (χ2v) is 4.77. The van der Waals surface area contributed by atoms with E-state index in [1.54, 1.807) is 6.07 Å². The van der Waals surface area contributed by atoms with Crippen LogP contribution in [0, 0.1) is 5.92 Å². The molecule has 0 saturated heterocycles. The van der Waals surface area contributed by atoms with Gasteiger partial charge in [0.05, 0.1) is 0 Å². The van der Waals surface area contributed by atoms with Gasteiger partial charge in [0.15, 0.2) is 0 Å². The van der Waals surface area contributed by atoms with Gasteiger partial charge in [-0.3, -0.25) is 0 Å². The van der Waals surface area contributed by atoms with Gasteiger partial charge in [0.2, 0.25) is 0 Å². The number of hydrogen-bond acceptors (Lipinski definition) is 2. The zero-order valence-corrected chi connectivity index (χ0v) is 9.24. The van der Waals surface area contributed by atoms with E-state index >= 15 is 0 Å². The SMILES string of the molecule is CC(N)CC1CCc2ccc(O)cc2C1. The van der Waals surface area contributed by atoms with Crippen molar-refractivity contribution < 1.29 is 5.11 Å². The highest BCUT2D eigenvalue weighted by molar-refractivity contribution is 5.36. The second kappa shape index (κ2) is 4.23. The molecule has 0 fully saturated rings. The number of rotatable bonds is 2. The summed E-state index contributed by atoms with van der Waals surface area (Å²) in [5, 5.41) is 9.43. The molecule has 3 N–H and O–H groups in total. The van der Waals surface area contributed by atoms with Crippen LogP contribution in [0.15, 0.2) is 18.2 Å². The lowest BCUT2D eigenvalue weighted by atomic mass is 9.81. The summed E-state index contributed by atoms with van der Waals surface area (Å²) >= 11 is 0. The lowest BCUT2D eigenvalue weighted by Gasteiger charge is -2.25. The molecule has 0 spiro atoms. The third-order valence-corrected chi connectivity index (χ3v) is 3.23. The van der Waals surface area contributed by atoms with Gasteiger partial charge >= 0.3 is 0 Å². The Morgan fingerprint density at radius 3 is 3.00 bits per heavy atom. The van der Waals surface area contributed by atoms with Gasteiger partial charge < -0.3 is 10.8 Å². The molecule has 0 aliphatic heterocycles. The maximum Gasteiger partial charge on any atom is 0.115 e. The molecule has 15 heavy (non-hydrogen) atoms. The van der Waals surface area contributed by atoms with Gasteiger partial charge in [0.25, 0.3) is 0 Å². The normalized spacial score (nSPS) is 22.1. The van der Waals surface area contributed by atoms with Crippen molar-refractivity contribution in [1.29, 1.82) is 0 Å². The van der Waals surface area contributed by atoms with Gasteiger partial charge in [0, 0.05) is 6.04 Å². The van der Waals surface area contributed by atoms with E-state index in [1.165, 1.54) is 17.5 Å². The fourth-order valence-electron chi connectivity index (χ4n) is 2.55. The fraction of sp³-hybridized carbons (Fsp3) is 0.538. The zero-order valence-electron chi connectivity index (χ0n) is 9.24. The topological polar surface area (TPSA) is 46.2 Å². The molecule has 82 valence electrons. The highest BCUT2D eigenvalue weighted by atomic mass is 16.3. The Morgan fingerprint density at radius 2 is 2.27 bits per heavy atom. The Hall–Kier alpha value is -1.02. The Balaban J connectivity index is 2.11. The minimum absolute atomic E-state index is 0.286. The van der Waals surface area contributed by atoms with Crippen molar-refractivity contribution in [3.63, 3.8) is 0 Å². The third-order valence-electron chi connectivity index (χ3n) is 3.23. The van der Waals surface area contributed by atoms with Crippen molar-refractivity contribution in [1.82, 2.24) is 0 Å². The van der Waals surface area contributed by atoms with Gasteiger partial charge in [-0.2, -0.15) is 0 Å². The maximum absolute atomic E-state index is 9.43. The van der Waals surface area contributed by atoms with Crippen molar-refractivity contribution in [2.45, 2.75) is 38.6 Å². The van der Waals surface area contributed by atoms with Crippen LogP contribution in [-0.4, -0.2) is 11.1 Å². The first-order valence-corrected chi connectivity index (χ1v) is 5.71. The van der Waals surface area contributed by atoms with Crippen LogP contribution < -0.4 is 5.73 Å². The van der Waals surface area contributed by atoms with E-state index in [1.807, 2.05) is 12.1 Å². The summed E-state index contributed by atoms with van der Waals surface area (Å²) in [6, 6.07) is 6.02. The first-order chi connectivity index (χ1) is 7.15. The summed E-state index contributed by atoms with van der Waals surface area (Å²) in [5.41, 5.74) is 8.53. The van der Waals surface area contributed by atoms with E-state index in [0.29, 0.717) is 11.7 Å². The number of nitrogens with two attached hydrogens (primary N) is 1. The molecular weight excluding hydrogens is 186 g/mol. The number of benzene rings is 1. The van der Waals surface area contributed by atoms with Gasteiger partial charge in [-0.15, -0.1) is 0 Å². The summed E-state index contributed by atoms with van der Waals surface area (Å²) in [7, 11) is 0. The highest BCUT2D eigenvalue weighted by Gasteiger charge is 2.19. The van der Waals surface area contributed by atoms with E-state index in [0.717, 1.165) is 19.3 Å². The van der Waals surface area contributed by atoms with Crippen molar-refractivity contribution in [2.75, 3.05) is 0 Å². The number of fused-ring (bicyclic) bond motifs is 1. The van der Waals surface area contributed by atoms with Crippen molar-refractivity contribution in [2.24, 2.45) is 11.7 Å². The van der Waals surface area contributed by atoms with Crippen LogP contribution in [0.3, 0.4) is 0 Å². The molecule has 1 aliphatic rings. The summed E-state index contributed by atoms with van der Waals surface area (Å²) < 4.78 is 0. The minimum Gasteiger partial charge on any atom is -0.508 e. The predicted octanol–water partition coefficient (Wildman–Crippen LogP) is 2.23. The van der Waals surface area contributed by atoms with Gasteiger partial charge in [0.1, 0.15) is 5.75 Å². The molecule has 2 atom stereocenters. The molecule has 2 nitrogen and oxygen atoms in total. The molecule has 0 bridgehead atoms. The largest absolute Gasteiger partial charge is 0.508 e. The predicted molar refractivity (Wildman–Crippen MR) is 61.9 cm³/mol. The van der Waals surface area contributed by atoms with E-state index < -0.39 is 0 Å². The van der Waals surface area contributed by atoms with Crippen LogP contribution in [0.4, 0.5) is 0 Å². The Bertz CT molecular complexity index is 346. The smallest absolute Gasteiger partial charge is 0.115 e. The quantitative estimate of drug-likeness (QED) is 0.777. The summed E-state index contributed by atoms with van der Waals surface area (Å²) in [6.45, 7) is 2.07. The van der Waals surface area contributed by atoms with Gasteiger partial charge in [-0.1, -0.05) is 6.07 Å². The second-order valence-electron chi connectivity index (χ2n) is 4.77. The number of phenols is 1. The average Bonchev–Trinajstić information content (AvgIpc) is 2.16. The summed E-state index contributed by atoms with van der Waals surface area (Å²) in [4.78, 5) is 0. The third kappa shape index (κ3) is 2.51. The van der Waals surface area contributed by atoms with Gasteiger partial charge in [-0.05, 0) is 61.8 Å². The van der Waals surface area contributed by atoms with Crippen LogP contribution in [0.5, 0.6) is 5.75 Å². The van der Waals surface area contributed by atoms with Crippen LogP contribution in [0.1, 0.15) is 30.9 Å². The standard InChI is InChI=1S/C13H19NO/c1-9(14)6-10-2-3-11-4-5-13(15)8-12(11)7-10/h4-5,8-10,15H,2-3,6-7,14H2,1H3. The number of hydrogen-bond donors (Lipinski definition) is 2. The van der Waals surface area contributed by atoms with E-state index in [4.69, 9.17) is 5.73 Å². The molecular formula is C13H19NO. The van der Waals surface area contributed by atoms with Crippen molar-refractivity contribution in [3.8, 4) is 5.75 Å². The van der Waals surface area contributed by atoms with E-state index in [9.17, 15) is 5.11 Å². The number of aryl methyl sites for hydroxylation is 1. The first kappa shape index (κ1) is 10.5. The Kier molecular flexibility index (Phi) is 2.96. The fourth-order valence-corrected chi connectivity index (χ4v) is 2.55. The lowest BCUT2D eigenvalue weighted by Crippen LogP contribution is -2.23. The van der Waals surface area contributed by atoms with Crippen LogP contribution in [0.2, 0.25) is 0 Å². The number of aromatic hydroxyl groups is 1. The molecule has 0 heterocycles. The Morgan fingerprint density at radius 1 is 1.47 bits per heavy atom. The molecule has 2 heteroatoms. The maximum atomic E-state index is 9.43. The monoisotopic (exact) mass is 205 g/mol. The van der Waals surface area contributed by atoms with E-state index in [2.05, 4.69) is 6.92 Å². The van der Waals surface area contributed by atoms with Crippen molar-refractivity contribution in [3.05, 3.63) is 29.3 Å². The van der Waals surface area contributed by atoms with E-state index in [-0.39, 0.29) is 6.04 Å². The molecule has 1 aromatic carbocycles. The Labute approximate surface area is 91.1 Å². The number of phenolic OH excluding ortho intramolecular Hbond substituents is 1. The highest BCUT2D eigenvalue weighted by Crippen LogP contribution is 2.30. The molecule has 0 saturated carbocycles. The zero-order chi connectivity index (χ0) is 10.8. The van der Waals surface area contributed by atoms with Crippen LogP contribution in [0.25, 0.3) is 0 Å². The van der Waals surface area contributed by atoms with Crippen molar-refractivity contribution >= 4 is 0 Å². The molecule has 0 amide bonds.